The number of rotatable bonds is 1. The molecule has 0 radical (unpaired) electrons. The lowest BCUT2D eigenvalue weighted by atomic mass is 10.0. The van der Waals surface area contributed by atoms with Crippen molar-refractivity contribution in [2.45, 2.75) is 20.8 Å². The van der Waals surface area contributed by atoms with Gasteiger partial charge in [-0.1, -0.05) is 12.1 Å². The van der Waals surface area contributed by atoms with E-state index in [1.165, 1.54) is 11.1 Å². The number of pyridine rings is 1. The zero-order chi connectivity index (χ0) is 14.4. The minimum atomic E-state index is 0.617. The number of H-pyrrole nitrogens is 1. The van der Waals surface area contributed by atoms with Crippen molar-refractivity contribution in [1.29, 1.82) is 0 Å². The summed E-state index contributed by atoms with van der Waals surface area (Å²) in [4.78, 5) is 4.69. The van der Waals surface area contributed by atoms with Crippen molar-refractivity contribution in [2.75, 3.05) is 0 Å². The number of benzene rings is 1. The van der Waals surface area contributed by atoms with Gasteiger partial charge in [-0.25, -0.2) is 0 Å². The minimum Gasteiger partial charge on any atom is -0.303 e. The van der Waals surface area contributed by atoms with Gasteiger partial charge in [0.2, 0.25) is 0 Å². The third kappa shape index (κ3) is 1.86. The van der Waals surface area contributed by atoms with Gasteiger partial charge in [0.1, 0.15) is 0 Å². The van der Waals surface area contributed by atoms with Crippen LogP contribution in [0.25, 0.3) is 22.3 Å². The Balaban J connectivity index is 2.45. The summed E-state index contributed by atoms with van der Waals surface area (Å²) in [7, 11) is 1.92. The van der Waals surface area contributed by atoms with Crippen molar-refractivity contribution in [2.24, 2.45) is 7.05 Å². The molecule has 2 aromatic heterocycles. The van der Waals surface area contributed by atoms with Gasteiger partial charge >= 0.3 is 0 Å². The van der Waals surface area contributed by atoms with Crippen LogP contribution in [0.2, 0.25) is 0 Å². The van der Waals surface area contributed by atoms with E-state index in [9.17, 15) is 0 Å². The topological polar surface area (TPSA) is 46.5 Å². The highest BCUT2D eigenvalue weighted by Gasteiger charge is 2.13. The first-order chi connectivity index (χ1) is 9.49. The number of nitrogens with zero attached hydrogens (tertiary/aromatic N) is 3. The zero-order valence-electron chi connectivity index (χ0n) is 12.0. The molecule has 0 aliphatic rings. The number of aromatic nitrogens is 4. The molecule has 0 unspecified atom stereocenters. The van der Waals surface area contributed by atoms with Crippen LogP contribution in [0.4, 0.5) is 0 Å². The SMILES string of the molecule is Cc1cc(-c2n[nH]c(=S)n2C)c2ccc(C)c(C)c2n1. The first-order valence-corrected chi connectivity index (χ1v) is 6.89. The maximum absolute atomic E-state index is 5.21. The molecule has 0 fully saturated rings. The van der Waals surface area contributed by atoms with Crippen LogP contribution in [-0.4, -0.2) is 19.7 Å². The number of fused-ring (bicyclic) bond motifs is 1. The monoisotopic (exact) mass is 284 g/mol. The summed E-state index contributed by atoms with van der Waals surface area (Å²) in [5.41, 5.74) is 5.54. The van der Waals surface area contributed by atoms with Crippen molar-refractivity contribution in [3.05, 3.63) is 39.8 Å². The molecular weight excluding hydrogens is 268 g/mol. The molecule has 0 bridgehead atoms. The average Bonchev–Trinajstić information content (AvgIpc) is 2.74. The molecule has 0 atom stereocenters. The van der Waals surface area contributed by atoms with E-state index in [4.69, 9.17) is 12.2 Å². The quantitative estimate of drug-likeness (QED) is 0.694. The summed E-state index contributed by atoms with van der Waals surface area (Å²) in [5.74, 6) is 0.841. The summed E-state index contributed by atoms with van der Waals surface area (Å²) in [6, 6.07) is 6.29. The maximum Gasteiger partial charge on any atom is 0.195 e. The van der Waals surface area contributed by atoms with E-state index < -0.39 is 0 Å². The highest BCUT2D eigenvalue weighted by Crippen LogP contribution is 2.29. The highest BCUT2D eigenvalue weighted by atomic mass is 32.1. The zero-order valence-corrected chi connectivity index (χ0v) is 12.8. The maximum atomic E-state index is 5.21. The molecule has 0 amide bonds. The number of aromatic amines is 1. The second-order valence-corrected chi connectivity index (χ2v) is 5.51. The molecule has 2 heterocycles. The molecule has 102 valence electrons. The molecule has 3 aromatic rings. The Morgan fingerprint density at radius 1 is 1.20 bits per heavy atom. The van der Waals surface area contributed by atoms with Crippen LogP contribution in [0.15, 0.2) is 18.2 Å². The summed E-state index contributed by atoms with van der Waals surface area (Å²) >= 11 is 5.21. The van der Waals surface area contributed by atoms with Crippen molar-refractivity contribution in [3.8, 4) is 11.4 Å². The second-order valence-electron chi connectivity index (χ2n) is 5.13. The Labute approximate surface area is 122 Å². The van der Waals surface area contributed by atoms with E-state index >= 15 is 0 Å². The number of hydrogen-bond acceptors (Lipinski definition) is 3. The van der Waals surface area contributed by atoms with Crippen molar-refractivity contribution >= 4 is 23.1 Å². The molecule has 20 heavy (non-hydrogen) atoms. The first-order valence-electron chi connectivity index (χ1n) is 6.48. The second kappa shape index (κ2) is 4.52. The molecule has 1 aromatic carbocycles. The lowest BCUT2D eigenvalue weighted by molar-refractivity contribution is 0.902. The van der Waals surface area contributed by atoms with E-state index in [0.717, 1.165) is 28.0 Å². The van der Waals surface area contributed by atoms with Crippen molar-refractivity contribution < 1.29 is 0 Å². The Morgan fingerprint density at radius 2 is 1.95 bits per heavy atom. The summed E-state index contributed by atoms with van der Waals surface area (Å²) in [5, 5.41) is 8.30. The van der Waals surface area contributed by atoms with Gasteiger partial charge < -0.3 is 4.57 Å². The van der Waals surface area contributed by atoms with Gasteiger partial charge in [-0.3, -0.25) is 10.1 Å². The van der Waals surface area contributed by atoms with Crippen LogP contribution in [0.5, 0.6) is 0 Å². The van der Waals surface area contributed by atoms with Gasteiger partial charge in [0.25, 0.3) is 0 Å². The van der Waals surface area contributed by atoms with Crippen LogP contribution in [0.1, 0.15) is 16.8 Å². The lowest BCUT2D eigenvalue weighted by Crippen LogP contribution is -1.97. The van der Waals surface area contributed by atoms with E-state index in [1.54, 1.807) is 0 Å². The predicted octanol–water partition coefficient (Wildman–Crippen LogP) is 3.62. The molecule has 0 aliphatic heterocycles. The number of aryl methyl sites for hydroxylation is 3. The average molecular weight is 284 g/mol. The van der Waals surface area contributed by atoms with Gasteiger partial charge in [0, 0.05) is 23.7 Å². The fraction of sp³-hybridized carbons (Fsp3) is 0.267. The van der Waals surface area contributed by atoms with Crippen molar-refractivity contribution in [3.63, 3.8) is 0 Å². The van der Waals surface area contributed by atoms with Crippen LogP contribution in [0, 0.1) is 25.5 Å². The van der Waals surface area contributed by atoms with Crippen LogP contribution < -0.4 is 0 Å². The molecule has 5 heteroatoms. The minimum absolute atomic E-state index is 0.617. The summed E-state index contributed by atoms with van der Waals surface area (Å²) in [6.45, 7) is 6.22. The smallest absolute Gasteiger partial charge is 0.195 e. The molecule has 1 N–H and O–H groups in total. The number of nitrogens with one attached hydrogen (secondary N) is 1. The Morgan fingerprint density at radius 3 is 2.60 bits per heavy atom. The van der Waals surface area contributed by atoms with Gasteiger partial charge in [-0.2, -0.15) is 5.10 Å². The molecule has 0 aliphatic carbocycles. The molecule has 3 rings (SSSR count). The largest absolute Gasteiger partial charge is 0.303 e. The van der Waals surface area contributed by atoms with E-state index in [2.05, 4.69) is 47.2 Å². The van der Waals surface area contributed by atoms with Gasteiger partial charge in [0.05, 0.1) is 5.52 Å². The Hall–Kier alpha value is -2.01. The molecule has 0 saturated heterocycles. The fourth-order valence-electron chi connectivity index (χ4n) is 2.43. The molecule has 4 nitrogen and oxygen atoms in total. The van der Waals surface area contributed by atoms with Crippen LogP contribution in [-0.2, 0) is 7.05 Å². The van der Waals surface area contributed by atoms with Crippen LogP contribution >= 0.6 is 12.2 Å². The van der Waals surface area contributed by atoms with Gasteiger partial charge in [-0.15, -0.1) is 0 Å². The van der Waals surface area contributed by atoms with Crippen molar-refractivity contribution in [1.82, 2.24) is 19.7 Å². The summed E-state index contributed by atoms with van der Waals surface area (Å²) in [6.07, 6.45) is 0. The van der Waals surface area contributed by atoms with E-state index in [-0.39, 0.29) is 0 Å². The lowest BCUT2D eigenvalue weighted by Gasteiger charge is -2.10. The Kier molecular flexibility index (Phi) is 2.94. The predicted molar refractivity (Wildman–Crippen MR) is 83.3 cm³/mol. The van der Waals surface area contributed by atoms with Gasteiger partial charge in [-0.05, 0) is 50.2 Å². The standard InChI is InChI=1S/C15H16N4S/c1-8-5-6-11-12(14-17-18-15(20)19(14)4)7-9(2)16-13(11)10(8)3/h5-7H,1-4H3,(H,18,20). The Bertz CT molecular complexity index is 873. The highest BCUT2D eigenvalue weighted by molar-refractivity contribution is 7.71. The van der Waals surface area contributed by atoms with Gasteiger partial charge in [0.15, 0.2) is 10.6 Å². The third-order valence-corrected chi connectivity index (χ3v) is 4.12. The summed E-state index contributed by atoms with van der Waals surface area (Å²) < 4.78 is 2.50. The molecule has 0 spiro atoms. The number of hydrogen-bond donors (Lipinski definition) is 1. The van der Waals surface area contributed by atoms with E-state index in [0.29, 0.717) is 4.77 Å². The molecular formula is C15H16N4S. The molecule has 0 saturated carbocycles. The third-order valence-electron chi connectivity index (χ3n) is 3.75. The normalized spacial score (nSPS) is 11.2. The van der Waals surface area contributed by atoms with E-state index in [1.807, 2.05) is 18.5 Å². The fourth-order valence-corrected chi connectivity index (χ4v) is 2.56. The first kappa shape index (κ1) is 13.0. The van der Waals surface area contributed by atoms with Crippen LogP contribution in [0.3, 0.4) is 0 Å².